The number of nitrogens with two attached hydrogens (primary N) is 2. The molecule has 0 bridgehead atoms. The highest BCUT2D eigenvalue weighted by atomic mass is 32.2. The number of thioether (sulfide) groups is 1. The van der Waals surface area contributed by atoms with Crippen molar-refractivity contribution in [3.8, 4) is 0 Å². The molecule has 0 unspecified atom stereocenters. The summed E-state index contributed by atoms with van der Waals surface area (Å²) in [6, 6.07) is 1.68. The van der Waals surface area contributed by atoms with Crippen LogP contribution >= 0.6 is 11.8 Å². The first-order valence-electron chi connectivity index (χ1n) is 6.83. The summed E-state index contributed by atoms with van der Waals surface area (Å²) >= 11 is 1.23. The molecule has 1 heterocycles. The van der Waals surface area contributed by atoms with E-state index < -0.39 is 0 Å². The lowest BCUT2D eigenvalue weighted by atomic mass is 10.1. The van der Waals surface area contributed by atoms with Gasteiger partial charge in [-0.25, -0.2) is 9.97 Å². The lowest BCUT2D eigenvalue weighted by Crippen LogP contribution is -2.33. The molecule has 0 spiro atoms. The Hall–Kier alpha value is -1.50. The summed E-state index contributed by atoms with van der Waals surface area (Å²) in [4.78, 5) is 19.8. The van der Waals surface area contributed by atoms with Gasteiger partial charge in [-0.05, 0) is 13.3 Å². The summed E-state index contributed by atoms with van der Waals surface area (Å²) in [5.74, 6) is 0.867. The highest BCUT2D eigenvalue weighted by Gasteiger charge is 2.09. The molecular weight excluding hydrogens is 274 g/mol. The average molecular weight is 297 g/mol. The zero-order chi connectivity index (χ0) is 15.0. The molecule has 1 aromatic rings. The van der Waals surface area contributed by atoms with Gasteiger partial charge in [-0.2, -0.15) is 0 Å². The van der Waals surface area contributed by atoms with Crippen molar-refractivity contribution in [3.05, 3.63) is 6.07 Å². The molecule has 0 aliphatic heterocycles. The van der Waals surface area contributed by atoms with E-state index in [9.17, 15) is 4.79 Å². The van der Waals surface area contributed by atoms with Gasteiger partial charge in [0.05, 0.1) is 5.75 Å². The Morgan fingerprint density at radius 3 is 2.60 bits per heavy atom. The van der Waals surface area contributed by atoms with E-state index in [4.69, 9.17) is 11.5 Å². The average Bonchev–Trinajstić information content (AvgIpc) is 2.35. The van der Waals surface area contributed by atoms with Crippen LogP contribution in [0.15, 0.2) is 11.2 Å². The van der Waals surface area contributed by atoms with Crippen LogP contribution in [0.4, 0.5) is 11.6 Å². The number of rotatable bonds is 8. The van der Waals surface area contributed by atoms with E-state index in [0.29, 0.717) is 16.8 Å². The molecule has 5 N–H and O–H groups in total. The molecule has 0 aliphatic carbocycles. The fraction of sp³-hybridized carbons (Fsp3) is 0.615. The van der Waals surface area contributed by atoms with Crippen LogP contribution in [-0.2, 0) is 4.79 Å². The molecule has 0 fully saturated rings. The fourth-order valence-corrected chi connectivity index (χ4v) is 2.43. The van der Waals surface area contributed by atoms with Gasteiger partial charge in [-0.15, -0.1) is 0 Å². The van der Waals surface area contributed by atoms with Crippen LogP contribution in [0.3, 0.4) is 0 Å². The van der Waals surface area contributed by atoms with Gasteiger partial charge in [0.2, 0.25) is 5.91 Å². The van der Waals surface area contributed by atoms with Crippen molar-refractivity contribution in [1.82, 2.24) is 15.3 Å². The topological polar surface area (TPSA) is 107 Å². The summed E-state index contributed by atoms with van der Waals surface area (Å²) in [5.41, 5.74) is 11.1. The predicted octanol–water partition coefficient (Wildman–Crippen LogP) is 1.82. The smallest absolute Gasteiger partial charge is 0.230 e. The standard InChI is InChI=1S/C13H23N5OS/c1-3-4-5-6-9(2)16-12(19)8-20-13-17-10(14)7-11(15)18-13/h7,9H,3-6,8H2,1-2H3,(H,16,19)(H4,14,15,17,18)/t9-/m0/s1. The van der Waals surface area contributed by atoms with E-state index in [1.807, 2.05) is 6.92 Å². The van der Waals surface area contributed by atoms with Gasteiger partial charge in [0.1, 0.15) is 11.6 Å². The second kappa shape index (κ2) is 8.63. The molecule has 1 amide bonds. The molecular formula is C13H23N5OS. The number of amides is 1. The third-order valence-corrected chi connectivity index (χ3v) is 3.57. The lowest BCUT2D eigenvalue weighted by Gasteiger charge is -2.13. The van der Waals surface area contributed by atoms with E-state index in [0.717, 1.165) is 12.8 Å². The Bertz CT molecular complexity index is 421. The molecule has 1 atom stereocenters. The third-order valence-electron chi connectivity index (χ3n) is 2.73. The van der Waals surface area contributed by atoms with Gasteiger partial charge in [0.25, 0.3) is 0 Å². The molecule has 7 heteroatoms. The summed E-state index contributed by atoms with van der Waals surface area (Å²) in [7, 11) is 0. The summed E-state index contributed by atoms with van der Waals surface area (Å²) < 4.78 is 0. The van der Waals surface area contributed by atoms with Gasteiger partial charge in [-0.1, -0.05) is 37.9 Å². The second-order valence-corrected chi connectivity index (χ2v) is 5.70. The lowest BCUT2D eigenvalue weighted by molar-refractivity contribution is -0.119. The Balaban J connectivity index is 2.32. The Morgan fingerprint density at radius 1 is 1.35 bits per heavy atom. The van der Waals surface area contributed by atoms with Crippen molar-refractivity contribution in [1.29, 1.82) is 0 Å². The number of nitrogen functional groups attached to an aromatic ring is 2. The Kier molecular flexibility index (Phi) is 7.14. The first-order valence-corrected chi connectivity index (χ1v) is 7.82. The number of nitrogens with one attached hydrogen (secondary N) is 1. The number of carbonyl (C=O) groups is 1. The Morgan fingerprint density at radius 2 is 2.00 bits per heavy atom. The number of anilines is 2. The number of nitrogens with zero attached hydrogens (tertiary/aromatic N) is 2. The van der Waals surface area contributed by atoms with Crippen LogP contribution in [-0.4, -0.2) is 27.7 Å². The molecule has 0 aromatic carbocycles. The van der Waals surface area contributed by atoms with Crippen molar-refractivity contribution in [2.75, 3.05) is 17.2 Å². The van der Waals surface area contributed by atoms with E-state index in [2.05, 4.69) is 22.2 Å². The van der Waals surface area contributed by atoms with Gasteiger partial charge < -0.3 is 16.8 Å². The van der Waals surface area contributed by atoms with Crippen molar-refractivity contribution in [2.24, 2.45) is 0 Å². The summed E-state index contributed by atoms with van der Waals surface area (Å²) in [6.07, 6.45) is 4.53. The quantitative estimate of drug-likeness (QED) is 0.384. The van der Waals surface area contributed by atoms with Crippen LogP contribution in [0, 0.1) is 0 Å². The highest BCUT2D eigenvalue weighted by molar-refractivity contribution is 7.99. The van der Waals surface area contributed by atoms with E-state index >= 15 is 0 Å². The minimum Gasteiger partial charge on any atom is -0.383 e. The second-order valence-electron chi connectivity index (χ2n) is 4.75. The van der Waals surface area contributed by atoms with Gasteiger partial charge in [0.15, 0.2) is 5.16 Å². The monoisotopic (exact) mass is 297 g/mol. The van der Waals surface area contributed by atoms with Crippen LogP contribution in [0.5, 0.6) is 0 Å². The molecule has 0 saturated heterocycles. The normalized spacial score (nSPS) is 12.1. The molecule has 0 saturated carbocycles. The number of unbranched alkanes of at least 4 members (excludes halogenated alkanes) is 2. The third kappa shape index (κ3) is 6.60. The van der Waals surface area contributed by atoms with Gasteiger partial charge in [-0.3, -0.25) is 4.79 Å². The largest absolute Gasteiger partial charge is 0.383 e. The number of aromatic nitrogens is 2. The minimum absolute atomic E-state index is 0.0244. The van der Waals surface area contributed by atoms with Crippen LogP contribution in [0.25, 0.3) is 0 Å². The molecule has 0 aliphatic rings. The SMILES string of the molecule is CCCCC[C@H](C)NC(=O)CSc1nc(N)cc(N)n1. The van der Waals surface area contributed by atoms with Gasteiger partial charge in [0, 0.05) is 12.1 Å². The number of hydrogen-bond acceptors (Lipinski definition) is 6. The summed E-state index contributed by atoms with van der Waals surface area (Å²) in [5, 5.41) is 3.39. The zero-order valence-corrected chi connectivity index (χ0v) is 12.9. The fourth-order valence-electron chi connectivity index (χ4n) is 1.75. The minimum atomic E-state index is -0.0244. The molecule has 1 aromatic heterocycles. The van der Waals surface area contributed by atoms with E-state index in [-0.39, 0.29) is 17.7 Å². The molecule has 6 nitrogen and oxygen atoms in total. The Labute approximate surface area is 124 Å². The maximum absolute atomic E-state index is 11.8. The first kappa shape index (κ1) is 16.6. The van der Waals surface area contributed by atoms with Crippen LogP contribution < -0.4 is 16.8 Å². The zero-order valence-electron chi connectivity index (χ0n) is 12.1. The van der Waals surface area contributed by atoms with Crippen molar-refractivity contribution < 1.29 is 4.79 Å². The first-order chi connectivity index (χ1) is 9.51. The number of carbonyl (C=O) groups excluding carboxylic acids is 1. The molecule has 20 heavy (non-hydrogen) atoms. The van der Waals surface area contributed by atoms with Crippen molar-refractivity contribution in [3.63, 3.8) is 0 Å². The highest BCUT2D eigenvalue weighted by Crippen LogP contribution is 2.16. The number of hydrogen-bond donors (Lipinski definition) is 3. The molecule has 0 radical (unpaired) electrons. The predicted molar refractivity (Wildman–Crippen MR) is 83.3 cm³/mol. The molecule has 112 valence electrons. The maximum Gasteiger partial charge on any atom is 0.230 e. The van der Waals surface area contributed by atoms with Crippen LogP contribution in [0.2, 0.25) is 0 Å². The molecule has 1 rings (SSSR count). The van der Waals surface area contributed by atoms with Crippen LogP contribution in [0.1, 0.15) is 39.5 Å². The van der Waals surface area contributed by atoms with E-state index in [1.165, 1.54) is 30.7 Å². The van der Waals surface area contributed by atoms with E-state index in [1.54, 1.807) is 0 Å². The van der Waals surface area contributed by atoms with Crippen molar-refractivity contribution in [2.45, 2.75) is 50.7 Å². The van der Waals surface area contributed by atoms with Gasteiger partial charge >= 0.3 is 0 Å². The van der Waals surface area contributed by atoms with Crippen molar-refractivity contribution >= 4 is 29.3 Å². The summed E-state index contributed by atoms with van der Waals surface area (Å²) in [6.45, 7) is 4.18. The maximum atomic E-state index is 11.8.